The van der Waals surface area contributed by atoms with Crippen LogP contribution in [0.3, 0.4) is 0 Å². The van der Waals surface area contributed by atoms with Gasteiger partial charge in [0.25, 0.3) is 0 Å². The molecule has 0 aliphatic carbocycles. The maximum absolute atomic E-state index is 5.98. The minimum atomic E-state index is 0. The Morgan fingerprint density at radius 3 is 2.89 bits per heavy atom. The first-order valence-electron chi connectivity index (χ1n) is 9.78. The molecule has 0 spiro atoms. The third-order valence-corrected chi connectivity index (χ3v) is 5.06. The van der Waals surface area contributed by atoms with Crippen molar-refractivity contribution in [2.45, 2.75) is 52.7 Å². The van der Waals surface area contributed by atoms with Gasteiger partial charge in [-0.25, -0.2) is 9.98 Å². The minimum Gasteiger partial charge on any atom is -0.459 e. The Labute approximate surface area is 182 Å². The van der Waals surface area contributed by atoms with Crippen LogP contribution in [-0.2, 0) is 26.1 Å². The molecule has 0 saturated heterocycles. The van der Waals surface area contributed by atoms with Gasteiger partial charge in [0.05, 0.1) is 18.8 Å². The number of aromatic nitrogens is 2. The van der Waals surface area contributed by atoms with Crippen molar-refractivity contribution in [1.82, 2.24) is 20.2 Å². The highest BCUT2D eigenvalue weighted by atomic mass is 127. The van der Waals surface area contributed by atoms with Crippen LogP contribution in [-0.4, -0.2) is 22.1 Å². The molecule has 3 aromatic rings. The third kappa shape index (κ3) is 4.51. The molecule has 1 aliphatic heterocycles. The van der Waals surface area contributed by atoms with E-state index in [0.29, 0.717) is 13.1 Å². The van der Waals surface area contributed by atoms with E-state index in [1.54, 1.807) is 0 Å². The number of hydrogen-bond donors (Lipinski definition) is 2. The normalized spacial score (nSPS) is 13.9. The molecule has 1 aliphatic rings. The van der Waals surface area contributed by atoms with E-state index in [-0.39, 0.29) is 24.0 Å². The van der Waals surface area contributed by atoms with Gasteiger partial charge in [0.15, 0.2) is 5.96 Å². The van der Waals surface area contributed by atoms with Gasteiger partial charge >= 0.3 is 0 Å². The van der Waals surface area contributed by atoms with E-state index < -0.39 is 0 Å². The zero-order valence-electron chi connectivity index (χ0n) is 16.5. The Hall–Kier alpha value is -2.03. The lowest BCUT2D eigenvalue weighted by Crippen LogP contribution is -2.36. The number of nitrogens with one attached hydrogen (secondary N) is 2. The summed E-state index contributed by atoms with van der Waals surface area (Å²) in [6, 6.07) is 8.14. The summed E-state index contributed by atoms with van der Waals surface area (Å²) in [5.41, 5.74) is 3.14. The van der Waals surface area contributed by atoms with Crippen molar-refractivity contribution in [2.24, 2.45) is 4.99 Å². The van der Waals surface area contributed by atoms with Crippen molar-refractivity contribution in [3.05, 3.63) is 53.3 Å². The maximum Gasteiger partial charge on any atom is 0.192 e. The fourth-order valence-electron chi connectivity index (χ4n) is 3.61. The van der Waals surface area contributed by atoms with E-state index >= 15 is 0 Å². The van der Waals surface area contributed by atoms with Gasteiger partial charge in [-0.3, -0.25) is 0 Å². The Kier molecular flexibility index (Phi) is 6.98. The summed E-state index contributed by atoms with van der Waals surface area (Å²) >= 11 is 0. The van der Waals surface area contributed by atoms with Gasteiger partial charge in [-0.1, -0.05) is 18.2 Å². The minimum absolute atomic E-state index is 0. The van der Waals surface area contributed by atoms with Crippen molar-refractivity contribution in [2.75, 3.05) is 6.54 Å². The standard InChI is InChI=1S/C21H27N5O.HI/c1-3-22-21(23-12-16-14-26-11-7-6-10-20(26)25-16)24-13-19-15(2)17-8-4-5-9-18(17)27-19;/h4-5,8-9,14H,3,6-7,10-13H2,1-2H3,(H2,22,23,24);1H. The Morgan fingerprint density at radius 1 is 1.25 bits per heavy atom. The van der Waals surface area contributed by atoms with Crippen LogP contribution in [0.2, 0.25) is 0 Å². The van der Waals surface area contributed by atoms with Crippen LogP contribution in [0.4, 0.5) is 0 Å². The molecule has 3 heterocycles. The van der Waals surface area contributed by atoms with E-state index in [9.17, 15) is 0 Å². The number of nitrogens with zero attached hydrogens (tertiary/aromatic N) is 3. The van der Waals surface area contributed by atoms with Crippen molar-refractivity contribution >= 4 is 40.9 Å². The lowest BCUT2D eigenvalue weighted by atomic mass is 10.1. The summed E-state index contributed by atoms with van der Waals surface area (Å²) in [7, 11) is 0. The molecular formula is C21H28IN5O. The fraction of sp³-hybridized carbons (Fsp3) is 0.429. The number of fused-ring (bicyclic) bond motifs is 2. The van der Waals surface area contributed by atoms with Gasteiger partial charge in [0, 0.05) is 36.7 Å². The molecule has 28 heavy (non-hydrogen) atoms. The van der Waals surface area contributed by atoms with Crippen LogP contribution in [0.1, 0.15) is 42.6 Å². The highest BCUT2D eigenvalue weighted by Crippen LogP contribution is 2.24. The summed E-state index contributed by atoms with van der Waals surface area (Å²) in [6.45, 7) is 7.24. The molecule has 2 aromatic heterocycles. The molecule has 0 bridgehead atoms. The number of aryl methyl sites for hydroxylation is 3. The fourth-order valence-corrected chi connectivity index (χ4v) is 3.61. The number of hydrogen-bond acceptors (Lipinski definition) is 3. The van der Waals surface area contributed by atoms with Gasteiger partial charge in [-0.05, 0) is 32.8 Å². The van der Waals surface area contributed by atoms with Crippen molar-refractivity contribution < 1.29 is 4.42 Å². The lowest BCUT2D eigenvalue weighted by molar-refractivity contribution is 0.522. The first kappa shape index (κ1) is 20.7. The second kappa shape index (κ2) is 9.45. The molecule has 0 radical (unpaired) electrons. The Bertz CT molecular complexity index is 936. The number of guanidine groups is 1. The quantitative estimate of drug-likeness (QED) is 0.319. The molecule has 1 aromatic carbocycles. The zero-order valence-corrected chi connectivity index (χ0v) is 18.8. The van der Waals surface area contributed by atoms with Gasteiger partial charge in [-0.15, -0.1) is 24.0 Å². The van der Waals surface area contributed by atoms with Gasteiger partial charge in [0.1, 0.15) is 17.2 Å². The number of halogens is 1. The van der Waals surface area contributed by atoms with Gasteiger partial charge in [0.2, 0.25) is 0 Å². The van der Waals surface area contributed by atoms with Crippen molar-refractivity contribution in [3.8, 4) is 0 Å². The van der Waals surface area contributed by atoms with E-state index in [1.165, 1.54) is 29.6 Å². The highest BCUT2D eigenvalue weighted by Gasteiger charge is 2.13. The zero-order chi connectivity index (χ0) is 18.6. The smallest absolute Gasteiger partial charge is 0.192 e. The summed E-state index contributed by atoms with van der Waals surface area (Å²) in [4.78, 5) is 9.43. The first-order chi connectivity index (χ1) is 13.2. The number of benzene rings is 1. The molecule has 6 nitrogen and oxygen atoms in total. The van der Waals surface area contributed by atoms with Gasteiger partial charge < -0.3 is 19.6 Å². The molecule has 2 N–H and O–H groups in total. The monoisotopic (exact) mass is 493 g/mol. The Morgan fingerprint density at radius 2 is 2.11 bits per heavy atom. The molecule has 0 unspecified atom stereocenters. The van der Waals surface area contributed by atoms with Gasteiger partial charge in [-0.2, -0.15) is 0 Å². The molecule has 0 atom stereocenters. The summed E-state index contributed by atoms with van der Waals surface area (Å²) in [5, 5.41) is 7.85. The number of aliphatic imine (C=N–C) groups is 1. The van der Waals surface area contributed by atoms with Crippen LogP contribution in [0.25, 0.3) is 11.0 Å². The third-order valence-electron chi connectivity index (χ3n) is 5.06. The summed E-state index contributed by atoms with van der Waals surface area (Å²) < 4.78 is 8.25. The topological polar surface area (TPSA) is 67.4 Å². The van der Waals surface area contributed by atoms with Crippen LogP contribution in [0, 0.1) is 6.92 Å². The lowest BCUT2D eigenvalue weighted by Gasteiger charge is -2.11. The highest BCUT2D eigenvalue weighted by molar-refractivity contribution is 14.0. The predicted octanol–water partition coefficient (Wildman–Crippen LogP) is 4.15. The molecule has 7 heteroatoms. The molecule has 0 saturated carbocycles. The number of rotatable bonds is 5. The average Bonchev–Trinajstić information content (AvgIpc) is 3.25. The average molecular weight is 493 g/mol. The molecule has 0 fully saturated rings. The number of para-hydroxylation sites is 1. The van der Waals surface area contributed by atoms with Crippen LogP contribution < -0.4 is 10.6 Å². The molecule has 0 amide bonds. The van der Waals surface area contributed by atoms with E-state index in [4.69, 9.17) is 14.4 Å². The Balaban J connectivity index is 0.00000225. The maximum atomic E-state index is 5.98. The molecular weight excluding hydrogens is 465 g/mol. The SMILES string of the molecule is CCNC(=NCc1cn2c(n1)CCCC2)NCc1oc2ccccc2c1C.I. The van der Waals surface area contributed by atoms with Crippen LogP contribution in [0.15, 0.2) is 39.9 Å². The number of imidazole rings is 1. The van der Waals surface area contributed by atoms with E-state index in [2.05, 4.69) is 41.3 Å². The molecule has 4 rings (SSSR count). The predicted molar refractivity (Wildman–Crippen MR) is 123 cm³/mol. The number of furan rings is 1. The second-order valence-corrected chi connectivity index (χ2v) is 6.99. The second-order valence-electron chi connectivity index (χ2n) is 6.99. The summed E-state index contributed by atoms with van der Waals surface area (Å²) in [5.74, 6) is 2.92. The van der Waals surface area contributed by atoms with Crippen LogP contribution >= 0.6 is 24.0 Å². The molecule has 150 valence electrons. The first-order valence-corrected chi connectivity index (χ1v) is 9.78. The van der Waals surface area contributed by atoms with Crippen molar-refractivity contribution in [1.29, 1.82) is 0 Å². The van der Waals surface area contributed by atoms with Crippen LogP contribution in [0.5, 0.6) is 0 Å². The van der Waals surface area contributed by atoms with E-state index in [0.717, 1.165) is 42.5 Å². The summed E-state index contributed by atoms with van der Waals surface area (Å²) in [6.07, 6.45) is 5.70. The van der Waals surface area contributed by atoms with Crippen molar-refractivity contribution in [3.63, 3.8) is 0 Å². The van der Waals surface area contributed by atoms with E-state index in [1.807, 2.05) is 18.2 Å². The largest absolute Gasteiger partial charge is 0.459 e.